The first kappa shape index (κ1) is 9.94. The molecular formula is C11H12ClFO. The van der Waals surface area contributed by atoms with Crippen molar-refractivity contribution in [3.05, 3.63) is 34.6 Å². The Morgan fingerprint density at radius 2 is 2.21 bits per heavy atom. The highest BCUT2D eigenvalue weighted by atomic mass is 35.5. The van der Waals surface area contributed by atoms with Crippen molar-refractivity contribution in [2.45, 2.75) is 25.4 Å². The molecule has 0 heterocycles. The van der Waals surface area contributed by atoms with Crippen LogP contribution in [0.2, 0.25) is 5.02 Å². The van der Waals surface area contributed by atoms with Gasteiger partial charge in [-0.3, -0.25) is 0 Å². The topological polar surface area (TPSA) is 20.2 Å². The molecular weight excluding hydrogens is 203 g/mol. The first-order valence-electron chi connectivity index (χ1n) is 4.80. The van der Waals surface area contributed by atoms with E-state index < -0.39 is 6.10 Å². The summed E-state index contributed by atoms with van der Waals surface area (Å²) in [4.78, 5) is 0. The van der Waals surface area contributed by atoms with Gasteiger partial charge in [0.15, 0.2) is 0 Å². The zero-order valence-electron chi connectivity index (χ0n) is 7.71. The molecule has 1 atom stereocenters. The van der Waals surface area contributed by atoms with Crippen molar-refractivity contribution in [2.75, 3.05) is 0 Å². The number of aliphatic hydroxyl groups excluding tert-OH is 1. The maximum absolute atomic E-state index is 12.7. The summed E-state index contributed by atoms with van der Waals surface area (Å²) < 4.78 is 12.7. The van der Waals surface area contributed by atoms with Crippen LogP contribution in [0, 0.1) is 11.7 Å². The molecule has 0 bridgehead atoms. The van der Waals surface area contributed by atoms with Crippen LogP contribution in [0.15, 0.2) is 18.2 Å². The summed E-state index contributed by atoms with van der Waals surface area (Å²) in [6.45, 7) is 0. The highest BCUT2D eigenvalue weighted by Crippen LogP contribution is 2.38. The fourth-order valence-corrected chi connectivity index (χ4v) is 1.86. The van der Waals surface area contributed by atoms with Crippen molar-refractivity contribution >= 4 is 11.6 Å². The van der Waals surface area contributed by atoms with E-state index in [1.165, 1.54) is 25.0 Å². The standard InChI is InChI=1S/C11H12ClFO/c12-10-6-8(13)3-4-9(10)11(14)5-7-1-2-7/h3-4,6-7,11,14H,1-2,5H2. The molecule has 0 saturated heterocycles. The predicted molar refractivity (Wildman–Crippen MR) is 53.7 cm³/mol. The maximum Gasteiger partial charge on any atom is 0.124 e. The molecule has 1 aliphatic carbocycles. The molecule has 1 N–H and O–H groups in total. The van der Waals surface area contributed by atoms with Gasteiger partial charge in [0, 0.05) is 5.02 Å². The van der Waals surface area contributed by atoms with Crippen LogP contribution in [0.5, 0.6) is 0 Å². The van der Waals surface area contributed by atoms with Crippen LogP contribution in [0.4, 0.5) is 4.39 Å². The van der Waals surface area contributed by atoms with Gasteiger partial charge in [0.1, 0.15) is 5.82 Å². The molecule has 3 heteroatoms. The lowest BCUT2D eigenvalue weighted by Gasteiger charge is -2.11. The molecule has 1 aromatic rings. The van der Waals surface area contributed by atoms with Crippen LogP contribution in [0.1, 0.15) is 30.9 Å². The fourth-order valence-electron chi connectivity index (χ4n) is 1.57. The third kappa shape index (κ3) is 2.25. The number of hydrogen-bond acceptors (Lipinski definition) is 1. The Morgan fingerprint density at radius 3 is 2.79 bits per heavy atom. The molecule has 1 saturated carbocycles. The van der Waals surface area contributed by atoms with E-state index in [1.807, 2.05) is 0 Å². The van der Waals surface area contributed by atoms with E-state index in [0.29, 0.717) is 16.5 Å². The zero-order chi connectivity index (χ0) is 10.1. The molecule has 1 nitrogen and oxygen atoms in total. The molecule has 0 aromatic heterocycles. The maximum atomic E-state index is 12.7. The lowest BCUT2D eigenvalue weighted by Crippen LogP contribution is -1.99. The van der Waals surface area contributed by atoms with Crippen molar-refractivity contribution in [1.29, 1.82) is 0 Å². The first-order valence-corrected chi connectivity index (χ1v) is 5.17. The fraction of sp³-hybridized carbons (Fsp3) is 0.455. The molecule has 2 rings (SSSR count). The van der Waals surface area contributed by atoms with Gasteiger partial charge < -0.3 is 5.11 Å². The minimum absolute atomic E-state index is 0.318. The van der Waals surface area contributed by atoms with Crippen molar-refractivity contribution in [2.24, 2.45) is 5.92 Å². The van der Waals surface area contributed by atoms with Crippen LogP contribution in [0.25, 0.3) is 0 Å². The quantitative estimate of drug-likeness (QED) is 0.819. The minimum atomic E-state index is -0.546. The van der Waals surface area contributed by atoms with Gasteiger partial charge in [0.05, 0.1) is 6.10 Å². The molecule has 76 valence electrons. The minimum Gasteiger partial charge on any atom is -0.388 e. The summed E-state index contributed by atoms with van der Waals surface area (Å²) in [6, 6.07) is 4.13. The number of rotatable bonds is 3. The molecule has 1 aliphatic rings. The number of aliphatic hydroxyl groups is 1. The van der Waals surface area contributed by atoms with Crippen molar-refractivity contribution in [3.8, 4) is 0 Å². The average Bonchev–Trinajstić information content (AvgIpc) is 2.87. The number of hydrogen-bond donors (Lipinski definition) is 1. The van der Waals surface area contributed by atoms with Gasteiger partial charge in [-0.25, -0.2) is 4.39 Å². The van der Waals surface area contributed by atoms with E-state index in [4.69, 9.17) is 11.6 Å². The van der Waals surface area contributed by atoms with E-state index in [2.05, 4.69) is 0 Å². The van der Waals surface area contributed by atoms with Gasteiger partial charge in [0.25, 0.3) is 0 Å². The SMILES string of the molecule is OC(CC1CC1)c1ccc(F)cc1Cl. The predicted octanol–water partition coefficient (Wildman–Crippen LogP) is 3.31. The van der Waals surface area contributed by atoms with Crippen LogP contribution >= 0.6 is 11.6 Å². The molecule has 0 radical (unpaired) electrons. The van der Waals surface area contributed by atoms with Crippen LogP contribution < -0.4 is 0 Å². The smallest absolute Gasteiger partial charge is 0.124 e. The largest absolute Gasteiger partial charge is 0.388 e. The van der Waals surface area contributed by atoms with Gasteiger partial charge in [-0.2, -0.15) is 0 Å². The second-order valence-electron chi connectivity index (χ2n) is 3.86. The molecule has 1 unspecified atom stereocenters. The lowest BCUT2D eigenvalue weighted by atomic mass is 10.0. The van der Waals surface area contributed by atoms with Crippen molar-refractivity contribution in [3.63, 3.8) is 0 Å². The second-order valence-corrected chi connectivity index (χ2v) is 4.27. The summed E-state index contributed by atoms with van der Waals surface area (Å²) in [5, 5.41) is 10.1. The molecule has 1 fully saturated rings. The summed E-state index contributed by atoms with van der Waals surface area (Å²) in [6.07, 6.45) is 2.58. The summed E-state index contributed by atoms with van der Waals surface area (Å²) >= 11 is 5.83. The number of halogens is 2. The summed E-state index contributed by atoms with van der Waals surface area (Å²) in [5.74, 6) is 0.267. The van der Waals surface area contributed by atoms with Gasteiger partial charge in [-0.05, 0) is 30.0 Å². The van der Waals surface area contributed by atoms with Gasteiger partial charge >= 0.3 is 0 Å². The Balaban J connectivity index is 2.13. The Kier molecular flexibility index (Phi) is 2.75. The van der Waals surface area contributed by atoms with Crippen molar-refractivity contribution in [1.82, 2.24) is 0 Å². The second kappa shape index (κ2) is 3.87. The van der Waals surface area contributed by atoms with E-state index in [1.54, 1.807) is 6.07 Å². The highest BCUT2D eigenvalue weighted by Gasteiger charge is 2.26. The van der Waals surface area contributed by atoms with E-state index in [0.717, 1.165) is 6.42 Å². The Morgan fingerprint density at radius 1 is 1.50 bits per heavy atom. The first-order chi connectivity index (χ1) is 6.66. The summed E-state index contributed by atoms with van der Waals surface area (Å²) in [7, 11) is 0. The Hall–Kier alpha value is -0.600. The highest BCUT2D eigenvalue weighted by molar-refractivity contribution is 6.31. The Bertz CT molecular complexity index is 336. The normalized spacial score (nSPS) is 18.2. The third-order valence-corrected chi connectivity index (χ3v) is 2.90. The van der Waals surface area contributed by atoms with E-state index in [9.17, 15) is 9.50 Å². The molecule has 0 spiro atoms. The van der Waals surface area contributed by atoms with Crippen LogP contribution in [0.3, 0.4) is 0 Å². The zero-order valence-corrected chi connectivity index (χ0v) is 8.47. The van der Waals surface area contributed by atoms with Crippen LogP contribution in [-0.4, -0.2) is 5.11 Å². The van der Waals surface area contributed by atoms with Gasteiger partial charge in [-0.1, -0.05) is 30.5 Å². The van der Waals surface area contributed by atoms with E-state index in [-0.39, 0.29) is 5.82 Å². The number of benzene rings is 1. The third-order valence-electron chi connectivity index (χ3n) is 2.58. The van der Waals surface area contributed by atoms with E-state index >= 15 is 0 Å². The molecule has 1 aromatic carbocycles. The van der Waals surface area contributed by atoms with Crippen molar-refractivity contribution < 1.29 is 9.50 Å². The molecule has 0 amide bonds. The van der Waals surface area contributed by atoms with Crippen LogP contribution in [-0.2, 0) is 0 Å². The molecule has 14 heavy (non-hydrogen) atoms. The monoisotopic (exact) mass is 214 g/mol. The Labute approximate surface area is 87.5 Å². The van der Waals surface area contributed by atoms with Gasteiger partial charge in [0.2, 0.25) is 0 Å². The lowest BCUT2D eigenvalue weighted by molar-refractivity contribution is 0.160. The summed E-state index contributed by atoms with van der Waals surface area (Å²) in [5.41, 5.74) is 0.639. The average molecular weight is 215 g/mol. The van der Waals surface area contributed by atoms with Gasteiger partial charge in [-0.15, -0.1) is 0 Å². The molecule has 0 aliphatic heterocycles.